The first-order valence-electron chi connectivity index (χ1n) is 5.29. The molecule has 2 N–H and O–H groups in total. The molecule has 3 heteroatoms. The summed E-state index contributed by atoms with van der Waals surface area (Å²) in [6, 6.07) is 6.37. The lowest BCUT2D eigenvalue weighted by atomic mass is 9.97. The Morgan fingerprint density at radius 1 is 1.40 bits per heavy atom. The second-order valence-corrected chi connectivity index (χ2v) is 4.57. The Kier molecular flexibility index (Phi) is 3.17. The molecule has 1 fully saturated rings. The van der Waals surface area contributed by atoms with Crippen molar-refractivity contribution in [3.63, 3.8) is 0 Å². The first-order valence-corrected chi connectivity index (χ1v) is 5.67. The van der Waals surface area contributed by atoms with Gasteiger partial charge in [-0.05, 0) is 42.9 Å². The second kappa shape index (κ2) is 4.42. The van der Waals surface area contributed by atoms with Crippen LogP contribution in [0, 0.1) is 0 Å². The summed E-state index contributed by atoms with van der Waals surface area (Å²) in [5, 5.41) is 0.670. The normalized spacial score (nSPS) is 25.5. The van der Waals surface area contributed by atoms with E-state index in [1.807, 2.05) is 12.1 Å². The van der Waals surface area contributed by atoms with Crippen LogP contribution in [0.1, 0.15) is 30.7 Å². The molecule has 0 radical (unpaired) electrons. The van der Waals surface area contributed by atoms with Crippen LogP contribution in [0.3, 0.4) is 0 Å². The van der Waals surface area contributed by atoms with E-state index in [9.17, 15) is 0 Å². The molecule has 2 rings (SSSR count). The Morgan fingerprint density at radius 3 is 2.80 bits per heavy atom. The van der Waals surface area contributed by atoms with Gasteiger partial charge in [0.1, 0.15) is 5.75 Å². The molecule has 0 aliphatic heterocycles. The monoisotopic (exact) mass is 225 g/mol. The maximum absolute atomic E-state index is 5.98. The van der Waals surface area contributed by atoms with Crippen molar-refractivity contribution in [1.29, 1.82) is 0 Å². The zero-order valence-corrected chi connectivity index (χ0v) is 9.63. The van der Waals surface area contributed by atoms with Crippen molar-refractivity contribution in [2.75, 3.05) is 7.11 Å². The summed E-state index contributed by atoms with van der Waals surface area (Å²) in [6.07, 6.45) is 3.37. The third-order valence-electron chi connectivity index (χ3n) is 3.12. The molecule has 0 aromatic heterocycles. The molecule has 2 nitrogen and oxygen atoms in total. The highest BCUT2D eigenvalue weighted by Gasteiger charge is 2.23. The topological polar surface area (TPSA) is 35.2 Å². The molecule has 1 saturated carbocycles. The third-order valence-corrected chi connectivity index (χ3v) is 3.43. The van der Waals surface area contributed by atoms with Crippen molar-refractivity contribution >= 4 is 11.6 Å². The van der Waals surface area contributed by atoms with Gasteiger partial charge in [-0.25, -0.2) is 0 Å². The summed E-state index contributed by atoms with van der Waals surface area (Å²) in [7, 11) is 1.64. The fourth-order valence-electron chi connectivity index (χ4n) is 2.25. The van der Waals surface area contributed by atoms with Gasteiger partial charge < -0.3 is 10.5 Å². The van der Waals surface area contributed by atoms with Crippen LogP contribution >= 0.6 is 11.6 Å². The van der Waals surface area contributed by atoms with Crippen molar-refractivity contribution in [2.24, 2.45) is 5.73 Å². The van der Waals surface area contributed by atoms with Gasteiger partial charge >= 0.3 is 0 Å². The van der Waals surface area contributed by atoms with E-state index in [1.54, 1.807) is 7.11 Å². The van der Waals surface area contributed by atoms with Gasteiger partial charge in [-0.15, -0.1) is 0 Å². The molecule has 1 aromatic rings. The Balaban J connectivity index is 2.21. The number of halogens is 1. The first-order chi connectivity index (χ1) is 7.20. The molecule has 1 aromatic carbocycles. The highest BCUT2D eigenvalue weighted by atomic mass is 35.5. The Morgan fingerprint density at radius 2 is 2.20 bits per heavy atom. The van der Waals surface area contributed by atoms with E-state index in [0.717, 1.165) is 18.6 Å². The molecule has 0 saturated heterocycles. The van der Waals surface area contributed by atoms with Crippen molar-refractivity contribution in [1.82, 2.24) is 0 Å². The fraction of sp³-hybridized carbons (Fsp3) is 0.500. The van der Waals surface area contributed by atoms with E-state index < -0.39 is 0 Å². The highest BCUT2D eigenvalue weighted by molar-refractivity contribution is 6.32. The Labute approximate surface area is 95.4 Å². The number of nitrogens with two attached hydrogens (primary N) is 1. The molecule has 1 aliphatic carbocycles. The Bertz CT molecular complexity index is 353. The van der Waals surface area contributed by atoms with Gasteiger partial charge in [0.2, 0.25) is 0 Å². The van der Waals surface area contributed by atoms with Gasteiger partial charge in [0, 0.05) is 6.04 Å². The van der Waals surface area contributed by atoms with Crippen LogP contribution < -0.4 is 10.5 Å². The van der Waals surface area contributed by atoms with Crippen LogP contribution in [0.4, 0.5) is 0 Å². The standard InChI is InChI=1S/C12H16ClNO/c1-15-12-7-9(3-5-11(12)13)8-2-4-10(14)6-8/h3,5,7-8,10H,2,4,6,14H2,1H3. The second-order valence-electron chi connectivity index (χ2n) is 4.16. The number of rotatable bonds is 2. The summed E-state index contributed by atoms with van der Waals surface area (Å²) < 4.78 is 5.21. The smallest absolute Gasteiger partial charge is 0.137 e. The molecular formula is C12H16ClNO. The molecule has 0 spiro atoms. The first kappa shape index (κ1) is 10.8. The minimum Gasteiger partial charge on any atom is -0.495 e. The third kappa shape index (κ3) is 2.27. The molecule has 1 aliphatic rings. The van der Waals surface area contributed by atoms with Gasteiger partial charge in [-0.2, -0.15) is 0 Å². The number of hydrogen-bond donors (Lipinski definition) is 1. The van der Waals surface area contributed by atoms with E-state index in [1.165, 1.54) is 12.0 Å². The predicted octanol–water partition coefficient (Wildman–Crippen LogP) is 2.94. The van der Waals surface area contributed by atoms with Crippen molar-refractivity contribution in [2.45, 2.75) is 31.2 Å². The molecular weight excluding hydrogens is 210 g/mol. The molecule has 0 heterocycles. The van der Waals surface area contributed by atoms with Crippen LogP contribution in [-0.4, -0.2) is 13.2 Å². The van der Waals surface area contributed by atoms with Crippen LogP contribution in [-0.2, 0) is 0 Å². The van der Waals surface area contributed by atoms with E-state index >= 15 is 0 Å². The lowest BCUT2D eigenvalue weighted by Gasteiger charge is -2.12. The molecule has 0 amide bonds. The summed E-state index contributed by atoms with van der Waals surface area (Å²) in [5.74, 6) is 1.33. The predicted molar refractivity (Wildman–Crippen MR) is 62.6 cm³/mol. The maximum Gasteiger partial charge on any atom is 0.137 e. The van der Waals surface area contributed by atoms with Gasteiger partial charge in [0.15, 0.2) is 0 Å². The minimum absolute atomic E-state index is 0.358. The molecule has 0 bridgehead atoms. The summed E-state index contributed by atoms with van der Waals surface area (Å²) in [4.78, 5) is 0. The van der Waals surface area contributed by atoms with Crippen molar-refractivity contribution in [3.8, 4) is 5.75 Å². The van der Waals surface area contributed by atoms with Crippen LogP contribution in [0.2, 0.25) is 5.02 Å². The zero-order chi connectivity index (χ0) is 10.8. The quantitative estimate of drug-likeness (QED) is 0.840. The molecule has 2 unspecified atom stereocenters. The fourth-order valence-corrected chi connectivity index (χ4v) is 2.44. The van der Waals surface area contributed by atoms with E-state index in [0.29, 0.717) is 17.0 Å². The van der Waals surface area contributed by atoms with Crippen LogP contribution in [0.25, 0.3) is 0 Å². The number of hydrogen-bond acceptors (Lipinski definition) is 2. The molecule has 82 valence electrons. The summed E-state index contributed by atoms with van der Waals surface area (Å²) in [6.45, 7) is 0. The van der Waals surface area contributed by atoms with E-state index in [2.05, 4.69) is 6.07 Å². The van der Waals surface area contributed by atoms with Gasteiger partial charge in [0.05, 0.1) is 12.1 Å². The van der Waals surface area contributed by atoms with Crippen molar-refractivity contribution < 1.29 is 4.74 Å². The Hall–Kier alpha value is -0.730. The zero-order valence-electron chi connectivity index (χ0n) is 8.87. The summed E-state index contributed by atoms with van der Waals surface area (Å²) >= 11 is 5.98. The van der Waals surface area contributed by atoms with Gasteiger partial charge in [-0.1, -0.05) is 17.7 Å². The van der Waals surface area contributed by atoms with Gasteiger partial charge in [-0.3, -0.25) is 0 Å². The lowest BCUT2D eigenvalue weighted by Crippen LogP contribution is -2.14. The van der Waals surface area contributed by atoms with Crippen molar-refractivity contribution in [3.05, 3.63) is 28.8 Å². The van der Waals surface area contributed by atoms with E-state index in [4.69, 9.17) is 22.1 Å². The molecule has 15 heavy (non-hydrogen) atoms. The van der Waals surface area contributed by atoms with E-state index in [-0.39, 0.29) is 0 Å². The average Bonchev–Trinajstić information content (AvgIpc) is 2.66. The largest absolute Gasteiger partial charge is 0.495 e. The number of ether oxygens (including phenoxy) is 1. The van der Waals surface area contributed by atoms with Crippen LogP contribution in [0.5, 0.6) is 5.75 Å². The highest BCUT2D eigenvalue weighted by Crippen LogP contribution is 2.36. The average molecular weight is 226 g/mol. The SMILES string of the molecule is COc1cc(C2CCC(N)C2)ccc1Cl. The molecule has 2 atom stereocenters. The van der Waals surface area contributed by atoms with Gasteiger partial charge in [0.25, 0.3) is 0 Å². The maximum atomic E-state index is 5.98. The number of benzene rings is 1. The summed E-state index contributed by atoms with van der Waals surface area (Å²) in [5.41, 5.74) is 7.20. The minimum atomic E-state index is 0.358. The lowest BCUT2D eigenvalue weighted by molar-refractivity contribution is 0.414. The number of methoxy groups -OCH3 is 1. The van der Waals surface area contributed by atoms with Crippen LogP contribution in [0.15, 0.2) is 18.2 Å².